The van der Waals surface area contributed by atoms with E-state index in [0.29, 0.717) is 18.4 Å². The molecule has 0 spiro atoms. The van der Waals surface area contributed by atoms with Crippen LogP contribution in [0.5, 0.6) is 0 Å². The average molecular weight is 290 g/mol. The summed E-state index contributed by atoms with van der Waals surface area (Å²) in [6, 6.07) is 23.5. The number of benzene rings is 3. The quantitative estimate of drug-likeness (QED) is 0.769. The third-order valence-corrected chi connectivity index (χ3v) is 3.90. The second kappa shape index (κ2) is 6.54. The highest BCUT2D eigenvalue weighted by Gasteiger charge is 2.17. The molecule has 0 amide bonds. The monoisotopic (exact) mass is 290 g/mol. The van der Waals surface area contributed by atoms with Crippen LogP contribution in [-0.4, -0.2) is 10.9 Å². The SMILES string of the molecule is O=C(CCc1ccccc1)[C@@H](O)c1ccc2ccccc2c1. The van der Waals surface area contributed by atoms with Gasteiger partial charge in [-0.3, -0.25) is 4.79 Å². The number of rotatable bonds is 5. The van der Waals surface area contributed by atoms with Gasteiger partial charge in [0.2, 0.25) is 0 Å². The van der Waals surface area contributed by atoms with E-state index >= 15 is 0 Å². The first-order valence-corrected chi connectivity index (χ1v) is 7.47. The van der Waals surface area contributed by atoms with Gasteiger partial charge in [-0.25, -0.2) is 0 Å². The minimum atomic E-state index is -1.05. The molecule has 1 N–H and O–H groups in total. The number of Topliss-reactive ketones (excluding diaryl/α,β-unsaturated/α-hetero) is 1. The molecule has 3 rings (SSSR count). The maximum atomic E-state index is 12.2. The Labute approximate surface area is 130 Å². The number of aryl methyl sites for hydroxylation is 1. The molecule has 2 heteroatoms. The van der Waals surface area contributed by atoms with Gasteiger partial charge in [-0.2, -0.15) is 0 Å². The predicted molar refractivity (Wildman–Crippen MR) is 88.7 cm³/mol. The molecule has 0 aliphatic carbocycles. The summed E-state index contributed by atoms with van der Waals surface area (Å²) >= 11 is 0. The molecule has 0 unspecified atom stereocenters. The van der Waals surface area contributed by atoms with Gasteiger partial charge in [0, 0.05) is 6.42 Å². The van der Waals surface area contributed by atoms with Crippen molar-refractivity contribution in [2.45, 2.75) is 18.9 Å². The van der Waals surface area contributed by atoms with Crippen LogP contribution in [0.1, 0.15) is 23.7 Å². The lowest BCUT2D eigenvalue weighted by atomic mass is 9.98. The molecule has 22 heavy (non-hydrogen) atoms. The van der Waals surface area contributed by atoms with Crippen molar-refractivity contribution >= 4 is 16.6 Å². The van der Waals surface area contributed by atoms with Crippen LogP contribution >= 0.6 is 0 Å². The van der Waals surface area contributed by atoms with Gasteiger partial charge >= 0.3 is 0 Å². The van der Waals surface area contributed by atoms with Crippen molar-refractivity contribution in [2.75, 3.05) is 0 Å². The Morgan fingerprint density at radius 3 is 2.32 bits per heavy atom. The molecule has 0 saturated carbocycles. The lowest BCUT2D eigenvalue weighted by Gasteiger charge is -2.11. The maximum absolute atomic E-state index is 12.2. The third-order valence-electron chi connectivity index (χ3n) is 3.90. The minimum Gasteiger partial charge on any atom is -0.381 e. The van der Waals surface area contributed by atoms with Gasteiger partial charge in [0.15, 0.2) is 5.78 Å². The summed E-state index contributed by atoms with van der Waals surface area (Å²) in [5, 5.41) is 12.4. The molecule has 0 fully saturated rings. The van der Waals surface area contributed by atoms with Crippen LogP contribution in [0.3, 0.4) is 0 Å². The first-order chi connectivity index (χ1) is 10.7. The number of hydrogen-bond donors (Lipinski definition) is 1. The second-order valence-corrected chi connectivity index (χ2v) is 5.46. The Hall–Kier alpha value is -2.45. The van der Waals surface area contributed by atoms with Crippen LogP contribution in [0.15, 0.2) is 72.8 Å². The molecule has 3 aromatic carbocycles. The summed E-state index contributed by atoms with van der Waals surface area (Å²) < 4.78 is 0. The highest BCUT2D eigenvalue weighted by molar-refractivity contribution is 5.88. The molecule has 1 atom stereocenters. The Bertz CT molecular complexity index is 778. The standard InChI is InChI=1S/C20H18O2/c21-19(13-10-15-6-2-1-3-7-15)20(22)18-12-11-16-8-4-5-9-17(16)14-18/h1-9,11-12,14,20,22H,10,13H2/t20-/m0/s1. The molecule has 0 bridgehead atoms. The lowest BCUT2D eigenvalue weighted by Crippen LogP contribution is -2.12. The van der Waals surface area contributed by atoms with Crippen molar-refractivity contribution in [3.8, 4) is 0 Å². The average Bonchev–Trinajstić information content (AvgIpc) is 2.59. The van der Waals surface area contributed by atoms with Crippen LogP contribution < -0.4 is 0 Å². The van der Waals surface area contributed by atoms with Crippen molar-refractivity contribution in [3.05, 3.63) is 83.9 Å². The number of carbonyl (C=O) groups is 1. The summed E-state index contributed by atoms with van der Waals surface area (Å²) in [7, 11) is 0. The number of carbonyl (C=O) groups excluding carboxylic acids is 1. The van der Waals surface area contributed by atoms with Gasteiger partial charge in [-0.05, 0) is 34.4 Å². The van der Waals surface area contributed by atoms with Gasteiger partial charge in [0.25, 0.3) is 0 Å². The normalized spacial score (nSPS) is 12.2. The highest BCUT2D eigenvalue weighted by atomic mass is 16.3. The molecule has 0 saturated heterocycles. The predicted octanol–water partition coefficient (Wildman–Crippen LogP) is 4.08. The van der Waals surface area contributed by atoms with E-state index in [-0.39, 0.29) is 5.78 Å². The molecule has 0 aromatic heterocycles. The van der Waals surface area contributed by atoms with Crippen molar-refractivity contribution < 1.29 is 9.90 Å². The van der Waals surface area contributed by atoms with Gasteiger partial charge in [0.1, 0.15) is 6.10 Å². The fraction of sp³-hybridized carbons (Fsp3) is 0.150. The number of ketones is 1. The van der Waals surface area contributed by atoms with Gasteiger partial charge in [0.05, 0.1) is 0 Å². The van der Waals surface area contributed by atoms with E-state index in [9.17, 15) is 9.90 Å². The first kappa shape index (κ1) is 14.5. The fourth-order valence-corrected chi connectivity index (χ4v) is 2.61. The minimum absolute atomic E-state index is 0.140. The Morgan fingerprint density at radius 1 is 0.864 bits per heavy atom. The topological polar surface area (TPSA) is 37.3 Å². The van der Waals surface area contributed by atoms with E-state index < -0.39 is 6.10 Å². The molecule has 2 nitrogen and oxygen atoms in total. The fourth-order valence-electron chi connectivity index (χ4n) is 2.61. The zero-order chi connectivity index (χ0) is 15.4. The maximum Gasteiger partial charge on any atom is 0.166 e. The highest BCUT2D eigenvalue weighted by Crippen LogP contribution is 2.22. The molecule has 0 heterocycles. The van der Waals surface area contributed by atoms with Gasteiger partial charge < -0.3 is 5.11 Å². The summed E-state index contributed by atoms with van der Waals surface area (Å²) in [5.74, 6) is -0.140. The Morgan fingerprint density at radius 2 is 1.55 bits per heavy atom. The number of aliphatic hydroxyl groups is 1. The number of fused-ring (bicyclic) bond motifs is 1. The number of aliphatic hydroxyl groups excluding tert-OH is 1. The van der Waals surface area contributed by atoms with Crippen molar-refractivity contribution in [1.82, 2.24) is 0 Å². The van der Waals surface area contributed by atoms with E-state index in [1.165, 1.54) is 0 Å². The summed E-state index contributed by atoms with van der Waals surface area (Å²) in [6.07, 6.45) is -0.0456. The molecule has 110 valence electrons. The van der Waals surface area contributed by atoms with Crippen molar-refractivity contribution in [3.63, 3.8) is 0 Å². The molecular formula is C20H18O2. The van der Waals surface area contributed by atoms with Gasteiger partial charge in [-0.15, -0.1) is 0 Å². The summed E-state index contributed by atoms with van der Waals surface area (Å²) in [6.45, 7) is 0. The van der Waals surface area contributed by atoms with Crippen LogP contribution in [0.4, 0.5) is 0 Å². The second-order valence-electron chi connectivity index (χ2n) is 5.46. The molecule has 0 aliphatic rings. The van der Waals surface area contributed by atoms with Gasteiger partial charge in [-0.1, -0.05) is 66.7 Å². The van der Waals surface area contributed by atoms with Crippen LogP contribution in [0, 0.1) is 0 Å². The van der Waals surface area contributed by atoms with E-state index in [4.69, 9.17) is 0 Å². The molecule has 0 radical (unpaired) electrons. The van der Waals surface area contributed by atoms with Crippen molar-refractivity contribution in [1.29, 1.82) is 0 Å². The largest absolute Gasteiger partial charge is 0.381 e. The van der Waals surface area contributed by atoms with Crippen LogP contribution in [0.2, 0.25) is 0 Å². The smallest absolute Gasteiger partial charge is 0.166 e. The first-order valence-electron chi connectivity index (χ1n) is 7.47. The summed E-state index contributed by atoms with van der Waals surface area (Å²) in [4.78, 5) is 12.2. The third kappa shape index (κ3) is 3.23. The Balaban J connectivity index is 1.71. The summed E-state index contributed by atoms with van der Waals surface area (Å²) in [5.41, 5.74) is 1.78. The van der Waals surface area contributed by atoms with E-state index in [0.717, 1.165) is 16.3 Å². The van der Waals surface area contributed by atoms with Crippen LogP contribution in [0.25, 0.3) is 10.8 Å². The zero-order valence-electron chi connectivity index (χ0n) is 12.3. The van der Waals surface area contributed by atoms with E-state index in [2.05, 4.69) is 0 Å². The molecular weight excluding hydrogens is 272 g/mol. The van der Waals surface area contributed by atoms with E-state index in [1.807, 2.05) is 72.8 Å². The molecule has 3 aromatic rings. The number of hydrogen-bond acceptors (Lipinski definition) is 2. The zero-order valence-corrected chi connectivity index (χ0v) is 12.3. The van der Waals surface area contributed by atoms with Crippen LogP contribution in [-0.2, 0) is 11.2 Å². The molecule has 0 aliphatic heterocycles. The van der Waals surface area contributed by atoms with E-state index in [1.54, 1.807) is 0 Å². The van der Waals surface area contributed by atoms with Crippen molar-refractivity contribution in [2.24, 2.45) is 0 Å². The lowest BCUT2D eigenvalue weighted by molar-refractivity contribution is -0.127. The Kier molecular flexibility index (Phi) is 4.31.